The molecule has 0 aliphatic heterocycles. The Kier molecular flexibility index (Phi) is 3.89. The topological polar surface area (TPSA) is 92.2 Å². The molecule has 2 rings (SSSR count). The fourth-order valence-corrected chi connectivity index (χ4v) is 1.89. The van der Waals surface area contributed by atoms with Gasteiger partial charge in [-0.05, 0) is 29.7 Å². The minimum Gasteiger partial charge on any atom is -0.478 e. The predicted octanol–water partition coefficient (Wildman–Crippen LogP) is 2.51. The molecule has 2 N–H and O–H groups in total. The molecule has 0 fully saturated rings. The molecular formula is C11H6F3N3O3S. The van der Waals surface area contributed by atoms with Gasteiger partial charge in [-0.3, -0.25) is 4.79 Å². The van der Waals surface area contributed by atoms with Crippen LogP contribution in [0, 0.1) is 0 Å². The van der Waals surface area contributed by atoms with Gasteiger partial charge in [0.1, 0.15) is 0 Å². The van der Waals surface area contributed by atoms with Gasteiger partial charge in [0.05, 0.1) is 16.8 Å². The lowest BCUT2D eigenvalue weighted by atomic mass is 10.1. The Balaban J connectivity index is 2.35. The van der Waals surface area contributed by atoms with E-state index in [0.717, 1.165) is 17.6 Å². The van der Waals surface area contributed by atoms with Gasteiger partial charge in [-0.15, -0.1) is 5.10 Å². The molecule has 0 aliphatic rings. The Bertz CT molecular complexity index is 686. The Morgan fingerprint density at radius 1 is 1.29 bits per heavy atom. The molecule has 1 heterocycles. The van der Waals surface area contributed by atoms with E-state index < -0.39 is 29.2 Å². The van der Waals surface area contributed by atoms with Gasteiger partial charge >= 0.3 is 12.1 Å². The third-order valence-electron chi connectivity index (χ3n) is 2.42. The molecule has 110 valence electrons. The summed E-state index contributed by atoms with van der Waals surface area (Å²) in [6, 6.07) is 2.02. The van der Waals surface area contributed by atoms with Crippen LogP contribution in [0.3, 0.4) is 0 Å². The first-order valence-corrected chi connectivity index (χ1v) is 6.15. The van der Waals surface area contributed by atoms with Gasteiger partial charge in [0.25, 0.3) is 5.91 Å². The SMILES string of the molecule is O=C(Nc1ccc(C(F)(F)F)cc1C(=O)O)c1csnn1. The summed E-state index contributed by atoms with van der Waals surface area (Å²) in [4.78, 5) is 22.7. The van der Waals surface area contributed by atoms with Crippen LogP contribution in [0.1, 0.15) is 26.4 Å². The van der Waals surface area contributed by atoms with E-state index in [9.17, 15) is 22.8 Å². The molecule has 0 bridgehead atoms. The lowest BCUT2D eigenvalue weighted by Gasteiger charge is -2.11. The van der Waals surface area contributed by atoms with Crippen molar-refractivity contribution in [2.45, 2.75) is 6.18 Å². The average molecular weight is 317 g/mol. The number of benzene rings is 1. The summed E-state index contributed by atoms with van der Waals surface area (Å²) in [7, 11) is 0. The summed E-state index contributed by atoms with van der Waals surface area (Å²) < 4.78 is 41.1. The zero-order valence-corrected chi connectivity index (χ0v) is 10.8. The Morgan fingerprint density at radius 2 is 2.00 bits per heavy atom. The van der Waals surface area contributed by atoms with E-state index in [-0.39, 0.29) is 11.4 Å². The number of amides is 1. The van der Waals surface area contributed by atoms with Crippen molar-refractivity contribution < 1.29 is 27.9 Å². The molecule has 0 radical (unpaired) electrons. The highest BCUT2D eigenvalue weighted by Crippen LogP contribution is 2.32. The second-order valence-electron chi connectivity index (χ2n) is 3.81. The molecule has 1 aromatic carbocycles. The van der Waals surface area contributed by atoms with Gasteiger partial charge in [0.15, 0.2) is 5.69 Å². The van der Waals surface area contributed by atoms with E-state index in [4.69, 9.17) is 5.11 Å². The number of aromatic nitrogens is 2. The molecule has 6 nitrogen and oxygen atoms in total. The number of nitrogens with zero attached hydrogens (tertiary/aromatic N) is 2. The van der Waals surface area contributed by atoms with Gasteiger partial charge in [-0.1, -0.05) is 4.49 Å². The number of carboxylic acid groups (broad SMARTS) is 1. The highest BCUT2D eigenvalue weighted by Gasteiger charge is 2.32. The fraction of sp³-hybridized carbons (Fsp3) is 0.0909. The zero-order chi connectivity index (χ0) is 15.6. The maximum Gasteiger partial charge on any atom is 0.416 e. The quantitative estimate of drug-likeness (QED) is 0.907. The molecule has 0 unspecified atom stereocenters. The van der Waals surface area contributed by atoms with Gasteiger partial charge in [-0.2, -0.15) is 13.2 Å². The lowest BCUT2D eigenvalue weighted by Crippen LogP contribution is -2.16. The molecule has 0 atom stereocenters. The number of aromatic carboxylic acids is 1. The van der Waals surface area contributed by atoms with Crippen molar-refractivity contribution in [2.24, 2.45) is 0 Å². The normalized spacial score (nSPS) is 11.2. The fourth-order valence-electron chi connectivity index (χ4n) is 1.46. The molecule has 2 aromatic rings. The Morgan fingerprint density at radius 3 is 2.52 bits per heavy atom. The molecule has 0 saturated heterocycles. The van der Waals surface area contributed by atoms with Crippen molar-refractivity contribution in [1.29, 1.82) is 0 Å². The number of carbonyl (C=O) groups excluding carboxylic acids is 1. The molecule has 21 heavy (non-hydrogen) atoms. The number of halogens is 3. The maximum atomic E-state index is 12.6. The van der Waals surface area contributed by atoms with Crippen molar-refractivity contribution in [3.05, 3.63) is 40.4 Å². The number of nitrogens with one attached hydrogen (secondary N) is 1. The first-order valence-electron chi connectivity index (χ1n) is 5.32. The minimum absolute atomic E-state index is 0.0590. The number of alkyl halides is 3. The smallest absolute Gasteiger partial charge is 0.416 e. The summed E-state index contributed by atoms with van der Waals surface area (Å²) in [5, 5.41) is 15.9. The summed E-state index contributed by atoms with van der Waals surface area (Å²) >= 11 is 0.908. The minimum atomic E-state index is -4.68. The van der Waals surface area contributed by atoms with Crippen molar-refractivity contribution in [3.63, 3.8) is 0 Å². The Hall–Kier alpha value is -2.49. The van der Waals surface area contributed by atoms with Crippen LogP contribution in [0.4, 0.5) is 18.9 Å². The number of carbonyl (C=O) groups is 2. The van der Waals surface area contributed by atoms with E-state index >= 15 is 0 Å². The molecule has 0 aliphatic carbocycles. The first kappa shape index (κ1) is 14.9. The zero-order valence-electron chi connectivity index (χ0n) is 10.0. The summed E-state index contributed by atoms with van der Waals surface area (Å²) in [5.74, 6) is -2.35. The number of hydrogen-bond acceptors (Lipinski definition) is 5. The van der Waals surface area contributed by atoms with Crippen LogP contribution in [-0.2, 0) is 6.18 Å². The highest BCUT2D eigenvalue weighted by molar-refractivity contribution is 7.03. The number of hydrogen-bond donors (Lipinski definition) is 2. The second-order valence-corrected chi connectivity index (χ2v) is 4.42. The lowest BCUT2D eigenvalue weighted by molar-refractivity contribution is -0.137. The first-order chi connectivity index (χ1) is 9.79. The number of rotatable bonds is 3. The molecule has 10 heteroatoms. The Labute approximate surface area is 119 Å². The van der Waals surface area contributed by atoms with Crippen LogP contribution in [0.15, 0.2) is 23.6 Å². The molecule has 1 amide bonds. The van der Waals surface area contributed by atoms with Crippen LogP contribution in [-0.4, -0.2) is 26.6 Å². The van der Waals surface area contributed by atoms with E-state index in [1.807, 2.05) is 0 Å². The summed E-state index contributed by atoms with van der Waals surface area (Å²) in [6.07, 6.45) is -4.68. The molecule has 0 saturated carbocycles. The van der Waals surface area contributed by atoms with E-state index in [2.05, 4.69) is 14.9 Å². The molecule has 0 spiro atoms. The van der Waals surface area contributed by atoms with Gasteiger partial charge in [0.2, 0.25) is 0 Å². The number of carboxylic acids is 1. The summed E-state index contributed by atoms with van der Waals surface area (Å²) in [5.41, 5.74) is -2.10. The van der Waals surface area contributed by atoms with Crippen LogP contribution < -0.4 is 5.32 Å². The molecule has 1 aromatic heterocycles. The van der Waals surface area contributed by atoms with Crippen molar-refractivity contribution in [3.8, 4) is 0 Å². The van der Waals surface area contributed by atoms with Crippen LogP contribution in [0.2, 0.25) is 0 Å². The standard InChI is InChI=1S/C11H6F3N3O3S/c12-11(13,14)5-1-2-7(6(3-5)10(19)20)15-9(18)8-4-21-17-16-8/h1-4H,(H,15,18)(H,19,20). The van der Waals surface area contributed by atoms with Crippen LogP contribution in [0.25, 0.3) is 0 Å². The van der Waals surface area contributed by atoms with E-state index in [0.29, 0.717) is 12.1 Å². The number of anilines is 1. The third kappa shape index (κ3) is 3.34. The third-order valence-corrected chi connectivity index (χ3v) is 2.92. The maximum absolute atomic E-state index is 12.6. The van der Waals surface area contributed by atoms with Gasteiger partial charge < -0.3 is 10.4 Å². The van der Waals surface area contributed by atoms with Crippen LogP contribution in [0.5, 0.6) is 0 Å². The molecular weight excluding hydrogens is 311 g/mol. The van der Waals surface area contributed by atoms with E-state index in [1.165, 1.54) is 5.38 Å². The predicted molar refractivity (Wildman–Crippen MR) is 66.3 cm³/mol. The van der Waals surface area contributed by atoms with Gasteiger partial charge in [0, 0.05) is 5.38 Å². The van der Waals surface area contributed by atoms with Crippen molar-refractivity contribution in [2.75, 3.05) is 5.32 Å². The average Bonchev–Trinajstić information content (AvgIpc) is 2.91. The van der Waals surface area contributed by atoms with Gasteiger partial charge in [-0.25, -0.2) is 4.79 Å². The van der Waals surface area contributed by atoms with Crippen molar-refractivity contribution >= 4 is 29.1 Å². The highest BCUT2D eigenvalue weighted by atomic mass is 32.1. The monoisotopic (exact) mass is 317 g/mol. The summed E-state index contributed by atoms with van der Waals surface area (Å²) in [6.45, 7) is 0. The van der Waals surface area contributed by atoms with Crippen molar-refractivity contribution in [1.82, 2.24) is 9.59 Å². The van der Waals surface area contributed by atoms with E-state index in [1.54, 1.807) is 0 Å². The second kappa shape index (κ2) is 5.48. The largest absolute Gasteiger partial charge is 0.478 e. The van der Waals surface area contributed by atoms with Crippen LogP contribution >= 0.6 is 11.5 Å².